The predicted molar refractivity (Wildman–Crippen MR) is 66.9 cm³/mol. The van der Waals surface area contributed by atoms with Crippen LogP contribution >= 0.6 is 0 Å². The minimum atomic E-state index is -0.274. The SMILES string of the molecule is COCCNc1ccc(CC(=O)OC)cc1N. The van der Waals surface area contributed by atoms with Crippen LogP contribution in [0.4, 0.5) is 11.4 Å². The van der Waals surface area contributed by atoms with Gasteiger partial charge in [-0.15, -0.1) is 0 Å². The van der Waals surface area contributed by atoms with E-state index in [0.717, 1.165) is 11.3 Å². The van der Waals surface area contributed by atoms with Crippen LogP contribution in [0, 0.1) is 0 Å². The van der Waals surface area contributed by atoms with E-state index in [-0.39, 0.29) is 12.4 Å². The van der Waals surface area contributed by atoms with Gasteiger partial charge in [-0.3, -0.25) is 4.79 Å². The standard InChI is InChI=1S/C12H18N2O3/c1-16-6-5-14-11-4-3-9(7-10(11)13)8-12(15)17-2/h3-4,7,14H,5-6,8,13H2,1-2H3. The highest BCUT2D eigenvalue weighted by Crippen LogP contribution is 2.20. The van der Waals surface area contributed by atoms with E-state index in [1.54, 1.807) is 13.2 Å². The molecule has 0 spiro atoms. The van der Waals surface area contributed by atoms with Gasteiger partial charge in [-0.2, -0.15) is 0 Å². The molecular formula is C12H18N2O3. The van der Waals surface area contributed by atoms with Crippen LogP contribution in [0.15, 0.2) is 18.2 Å². The van der Waals surface area contributed by atoms with E-state index in [9.17, 15) is 4.79 Å². The maximum Gasteiger partial charge on any atom is 0.309 e. The second kappa shape index (κ2) is 6.75. The molecule has 0 saturated carbocycles. The Balaban J connectivity index is 2.62. The van der Waals surface area contributed by atoms with Crippen LogP contribution in [0.3, 0.4) is 0 Å². The van der Waals surface area contributed by atoms with E-state index in [4.69, 9.17) is 10.5 Å². The normalized spacial score (nSPS) is 10.0. The number of benzene rings is 1. The molecule has 1 rings (SSSR count). The highest BCUT2D eigenvalue weighted by molar-refractivity contribution is 5.74. The van der Waals surface area contributed by atoms with Crippen LogP contribution < -0.4 is 11.1 Å². The van der Waals surface area contributed by atoms with E-state index < -0.39 is 0 Å². The van der Waals surface area contributed by atoms with Crippen LogP contribution in [0.1, 0.15) is 5.56 Å². The zero-order chi connectivity index (χ0) is 12.7. The number of anilines is 2. The maximum absolute atomic E-state index is 11.1. The maximum atomic E-state index is 11.1. The molecule has 0 aliphatic carbocycles. The van der Waals surface area contributed by atoms with Gasteiger partial charge in [0.05, 0.1) is 31.5 Å². The molecule has 0 atom stereocenters. The first-order valence-electron chi connectivity index (χ1n) is 5.35. The summed E-state index contributed by atoms with van der Waals surface area (Å²) in [6.07, 6.45) is 0.235. The fraction of sp³-hybridized carbons (Fsp3) is 0.417. The minimum absolute atomic E-state index is 0.235. The average Bonchev–Trinajstić information content (AvgIpc) is 2.32. The molecule has 0 amide bonds. The van der Waals surface area contributed by atoms with Gasteiger partial charge in [0.1, 0.15) is 0 Å². The molecule has 0 bridgehead atoms. The Morgan fingerprint density at radius 3 is 2.76 bits per heavy atom. The van der Waals surface area contributed by atoms with Crippen LogP contribution in [0.2, 0.25) is 0 Å². The first kappa shape index (κ1) is 13.3. The van der Waals surface area contributed by atoms with Crippen molar-refractivity contribution < 1.29 is 14.3 Å². The molecule has 94 valence electrons. The van der Waals surface area contributed by atoms with Gasteiger partial charge in [-0.05, 0) is 17.7 Å². The van der Waals surface area contributed by atoms with Gasteiger partial charge in [0.15, 0.2) is 0 Å². The number of esters is 1. The van der Waals surface area contributed by atoms with Crippen molar-refractivity contribution in [1.29, 1.82) is 0 Å². The zero-order valence-electron chi connectivity index (χ0n) is 10.2. The monoisotopic (exact) mass is 238 g/mol. The van der Waals surface area contributed by atoms with Crippen molar-refractivity contribution in [3.05, 3.63) is 23.8 Å². The molecule has 17 heavy (non-hydrogen) atoms. The van der Waals surface area contributed by atoms with Gasteiger partial charge in [0, 0.05) is 13.7 Å². The van der Waals surface area contributed by atoms with E-state index in [1.165, 1.54) is 7.11 Å². The Kier molecular flexibility index (Phi) is 5.29. The first-order chi connectivity index (χ1) is 8.17. The van der Waals surface area contributed by atoms with Crippen molar-refractivity contribution in [1.82, 2.24) is 0 Å². The van der Waals surface area contributed by atoms with Crippen LogP contribution in [-0.2, 0) is 20.7 Å². The van der Waals surface area contributed by atoms with Gasteiger partial charge >= 0.3 is 5.97 Å². The Morgan fingerprint density at radius 2 is 2.18 bits per heavy atom. The molecule has 0 aliphatic heterocycles. The average molecular weight is 238 g/mol. The Hall–Kier alpha value is -1.75. The third-order valence-electron chi connectivity index (χ3n) is 2.31. The third kappa shape index (κ3) is 4.32. The number of nitrogens with two attached hydrogens (primary N) is 1. The van der Waals surface area contributed by atoms with Crippen molar-refractivity contribution in [3.63, 3.8) is 0 Å². The third-order valence-corrected chi connectivity index (χ3v) is 2.31. The molecule has 0 heterocycles. The number of methoxy groups -OCH3 is 2. The second-order valence-electron chi connectivity index (χ2n) is 3.59. The molecule has 3 N–H and O–H groups in total. The summed E-state index contributed by atoms with van der Waals surface area (Å²) < 4.78 is 9.52. The smallest absolute Gasteiger partial charge is 0.309 e. The molecule has 0 aromatic heterocycles. The summed E-state index contributed by atoms with van der Waals surface area (Å²) in [6, 6.07) is 5.47. The van der Waals surface area contributed by atoms with E-state index in [0.29, 0.717) is 18.8 Å². The molecular weight excluding hydrogens is 220 g/mol. The van der Waals surface area contributed by atoms with Gasteiger partial charge in [-0.1, -0.05) is 6.07 Å². The largest absolute Gasteiger partial charge is 0.469 e. The fourth-order valence-corrected chi connectivity index (χ4v) is 1.41. The summed E-state index contributed by atoms with van der Waals surface area (Å²) in [5.74, 6) is -0.274. The molecule has 5 nitrogen and oxygen atoms in total. The van der Waals surface area contributed by atoms with E-state index >= 15 is 0 Å². The number of carbonyl (C=O) groups is 1. The number of nitrogens with one attached hydrogen (secondary N) is 1. The molecule has 0 unspecified atom stereocenters. The van der Waals surface area contributed by atoms with E-state index in [1.807, 2.05) is 12.1 Å². The summed E-state index contributed by atoms with van der Waals surface area (Å²) in [6.45, 7) is 1.31. The van der Waals surface area contributed by atoms with Gasteiger partial charge < -0.3 is 20.5 Å². The van der Waals surface area contributed by atoms with Crippen molar-refractivity contribution in [2.45, 2.75) is 6.42 Å². The summed E-state index contributed by atoms with van der Waals surface area (Å²) in [4.78, 5) is 11.1. The highest BCUT2D eigenvalue weighted by Gasteiger charge is 2.05. The Labute approximate surface area is 101 Å². The first-order valence-corrected chi connectivity index (χ1v) is 5.35. The molecule has 0 saturated heterocycles. The molecule has 0 radical (unpaired) electrons. The molecule has 5 heteroatoms. The highest BCUT2D eigenvalue weighted by atomic mass is 16.5. The number of ether oxygens (including phenoxy) is 2. The van der Waals surface area contributed by atoms with Gasteiger partial charge in [0.2, 0.25) is 0 Å². The van der Waals surface area contributed by atoms with Crippen LogP contribution in [0.5, 0.6) is 0 Å². The predicted octanol–water partition coefficient (Wildman–Crippen LogP) is 1.04. The molecule has 0 fully saturated rings. The quantitative estimate of drug-likeness (QED) is 0.440. The number of carbonyl (C=O) groups excluding carboxylic acids is 1. The van der Waals surface area contributed by atoms with E-state index in [2.05, 4.69) is 10.1 Å². The van der Waals surface area contributed by atoms with Crippen LogP contribution in [0.25, 0.3) is 0 Å². The van der Waals surface area contributed by atoms with Crippen LogP contribution in [-0.4, -0.2) is 33.3 Å². The molecule has 0 aliphatic rings. The van der Waals surface area contributed by atoms with Crippen molar-refractivity contribution in [3.8, 4) is 0 Å². The number of hydrogen-bond acceptors (Lipinski definition) is 5. The summed E-state index contributed by atoms with van der Waals surface area (Å²) in [7, 11) is 3.01. The lowest BCUT2D eigenvalue weighted by molar-refractivity contribution is -0.139. The number of hydrogen-bond donors (Lipinski definition) is 2. The zero-order valence-corrected chi connectivity index (χ0v) is 10.2. The lowest BCUT2D eigenvalue weighted by Gasteiger charge is -2.10. The second-order valence-corrected chi connectivity index (χ2v) is 3.59. The summed E-state index contributed by atoms with van der Waals surface area (Å²) in [5, 5.41) is 3.14. The molecule has 1 aromatic rings. The van der Waals surface area contributed by atoms with Crippen molar-refractivity contribution in [2.75, 3.05) is 38.4 Å². The summed E-state index contributed by atoms with van der Waals surface area (Å²) >= 11 is 0. The fourth-order valence-electron chi connectivity index (χ4n) is 1.41. The number of nitrogen functional groups attached to an aromatic ring is 1. The molecule has 1 aromatic carbocycles. The topological polar surface area (TPSA) is 73.6 Å². The van der Waals surface area contributed by atoms with Crippen molar-refractivity contribution >= 4 is 17.3 Å². The lowest BCUT2D eigenvalue weighted by atomic mass is 10.1. The Morgan fingerprint density at radius 1 is 1.41 bits per heavy atom. The number of rotatable bonds is 6. The summed E-state index contributed by atoms with van der Waals surface area (Å²) in [5.41, 5.74) is 8.16. The lowest BCUT2D eigenvalue weighted by Crippen LogP contribution is -2.10. The van der Waals surface area contributed by atoms with Gasteiger partial charge in [0.25, 0.3) is 0 Å². The Bertz CT molecular complexity index is 380. The van der Waals surface area contributed by atoms with Gasteiger partial charge in [-0.25, -0.2) is 0 Å². The van der Waals surface area contributed by atoms with Crippen molar-refractivity contribution in [2.24, 2.45) is 0 Å². The minimum Gasteiger partial charge on any atom is -0.469 e.